The predicted octanol–water partition coefficient (Wildman–Crippen LogP) is -3.79. The van der Waals surface area contributed by atoms with E-state index in [9.17, 15) is 13.2 Å². The van der Waals surface area contributed by atoms with Gasteiger partial charge in [0.05, 0.1) is 0 Å². The van der Waals surface area contributed by atoms with E-state index in [0.29, 0.717) is 0 Å². The largest absolute Gasteiger partial charge is 2.00 e. The zero-order valence-corrected chi connectivity index (χ0v) is 11.5. The van der Waals surface area contributed by atoms with Crippen molar-refractivity contribution in [1.29, 1.82) is 0 Å². The van der Waals surface area contributed by atoms with Gasteiger partial charge in [-0.25, -0.2) is 0 Å². The van der Waals surface area contributed by atoms with Gasteiger partial charge in [0.2, 0.25) is 0 Å². The quantitative estimate of drug-likeness (QED) is 0.475. The Hall–Kier alpha value is 0.536. The Morgan fingerprint density at radius 3 is 1.71 bits per heavy atom. The van der Waals surface area contributed by atoms with Crippen LogP contribution in [-0.4, -0.2) is 29.4 Å². The summed E-state index contributed by atoms with van der Waals surface area (Å²) in [6.45, 7) is 0. The van der Waals surface area contributed by atoms with E-state index >= 15 is 0 Å². The standard InChI is InChI=1S/C7H5F3O.2BrH.Mg/c8-7(9,10)11-6-4-2-1-3-5-6;;;/h1-5H;2*1H;/q;;;+2/p-2. The van der Waals surface area contributed by atoms with Gasteiger partial charge in [0.15, 0.2) is 0 Å². The molecule has 0 bridgehead atoms. The molecule has 0 amide bonds. The van der Waals surface area contributed by atoms with E-state index in [4.69, 9.17) is 0 Å². The van der Waals surface area contributed by atoms with Crippen LogP contribution < -0.4 is 38.7 Å². The van der Waals surface area contributed by atoms with Gasteiger partial charge in [-0.15, -0.1) is 13.2 Å². The predicted molar refractivity (Wildman–Crippen MR) is 38.9 cm³/mol. The summed E-state index contributed by atoms with van der Waals surface area (Å²) in [5, 5.41) is 0. The minimum absolute atomic E-state index is 0. The first-order chi connectivity index (χ1) is 5.08. The molecular weight excluding hydrogens is 341 g/mol. The van der Waals surface area contributed by atoms with Crippen molar-refractivity contribution in [2.75, 3.05) is 0 Å². The molecule has 0 aromatic heterocycles. The summed E-state index contributed by atoms with van der Waals surface area (Å²) in [5.74, 6) is -0.194. The second kappa shape index (κ2) is 8.81. The molecule has 0 unspecified atom stereocenters. The first-order valence-corrected chi connectivity index (χ1v) is 2.89. The molecule has 76 valence electrons. The average molecular weight is 346 g/mol. The number of hydrogen-bond acceptors (Lipinski definition) is 1. The maximum absolute atomic E-state index is 11.5. The second-order valence-electron chi connectivity index (χ2n) is 1.86. The molecule has 0 radical (unpaired) electrons. The van der Waals surface area contributed by atoms with E-state index in [-0.39, 0.29) is 62.8 Å². The van der Waals surface area contributed by atoms with Gasteiger partial charge in [-0.2, -0.15) is 0 Å². The molecule has 1 rings (SSSR count). The summed E-state index contributed by atoms with van der Waals surface area (Å²) in [7, 11) is 0. The number of rotatable bonds is 1. The number of benzene rings is 1. The van der Waals surface area contributed by atoms with E-state index in [1.807, 2.05) is 0 Å². The number of ether oxygens (including phenoxy) is 1. The van der Waals surface area contributed by atoms with Gasteiger partial charge in [-0.05, 0) is 12.1 Å². The Labute approximate surface area is 117 Å². The van der Waals surface area contributed by atoms with Gasteiger partial charge in [0.1, 0.15) is 5.75 Å². The zero-order valence-electron chi connectivity index (χ0n) is 6.89. The number of alkyl halides is 3. The van der Waals surface area contributed by atoms with E-state index in [1.165, 1.54) is 24.3 Å². The van der Waals surface area contributed by atoms with Crippen molar-refractivity contribution < 1.29 is 51.9 Å². The molecule has 1 nitrogen and oxygen atoms in total. The van der Waals surface area contributed by atoms with Crippen molar-refractivity contribution >= 4 is 23.1 Å². The van der Waals surface area contributed by atoms with Crippen molar-refractivity contribution in [3.8, 4) is 5.75 Å². The van der Waals surface area contributed by atoms with E-state index < -0.39 is 6.36 Å². The molecule has 0 atom stereocenters. The number of hydrogen-bond donors (Lipinski definition) is 0. The summed E-state index contributed by atoms with van der Waals surface area (Å²) >= 11 is 0. The Kier molecular flexibility index (Phi) is 12.6. The van der Waals surface area contributed by atoms with Crippen LogP contribution in [0.1, 0.15) is 0 Å². The molecular formula is C7H5Br2F3MgO. The van der Waals surface area contributed by atoms with Crippen LogP contribution in [0.2, 0.25) is 0 Å². The van der Waals surface area contributed by atoms with Gasteiger partial charge in [0, 0.05) is 0 Å². The van der Waals surface area contributed by atoms with Gasteiger partial charge in [-0.3, -0.25) is 0 Å². The van der Waals surface area contributed by atoms with Crippen molar-refractivity contribution in [1.82, 2.24) is 0 Å². The number of para-hydroxylation sites is 1. The molecule has 0 aliphatic carbocycles. The SMILES string of the molecule is FC(F)(F)Oc1ccccc1.[Br-].[Br-].[Mg+2]. The van der Waals surface area contributed by atoms with E-state index in [0.717, 1.165) is 0 Å². The summed E-state index contributed by atoms with van der Waals surface area (Å²) in [6.07, 6.45) is -4.60. The van der Waals surface area contributed by atoms with Gasteiger partial charge >= 0.3 is 29.4 Å². The molecule has 0 saturated heterocycles. The fourth-order valence-electron chi connectivity index (χ4n) is 0.622. The van der Waals surface area contributed by atoms with Crippen LogP contribution in [0.25, 0.3) is 0 Å². The molecule has 1 aromatic rings. The first-order valence-electron chi connectivity index (χ1n) is 2.89. The minimum atomic E-state index is -4.60. The third-order valence-electron chi connectivity index (χ3n) is 0.977. The van der Waals surface area contributed by atoms with Crippen LogP contribution in [-0.2, 0) is 0 Å². The Morgan fingerprint density at radius 1 is 0.929 bits per heavy atom. The molecule has 0 saturated carbocycles. The van der Waals surface area contributed by atoms with Gasteiger partial charge in [-0.1, -0.05) is 18.2 Å². The van der Waals surface area contributed by atoms with E-state index in [1.54, 1.807) is 6.07 Å². The van der Waals surface area contributed by atoms with Gasteiger partial charge < -0.3 is 38.7 Å². The van der Waals surface area contributed by atoms with Crippen molar-refractivity contribution in [2.45, 2.75) is 6.36 Å². The van der Waals surface area contributed by atoms with Crippen molar-refractivity contribution in [3.05, 3.63) is 30.3 Å². The average Bonchev–Trinajstić information content (AvgIpc) is 1.85. The molecule has 0 fully saturated rings. The second-order valence-corrected chi connectivity index (χ2v) is 1.86. The summed E-state index contributed by atoms with van der Waals surface area (Å²) in [6, 6.07) is 7.05. The Bertz CT molecular complexity index is 230. The normalized spacial score (nSPS) is 8.79. The monoisotopic (exact) mass is 344 g/mol. The topological polar surface area (TPSA) is 9.23 Å². The third-order valence-corrected chi connectivity index (χ3v) is 0.977. The van der Waals surface area contributed by atoms with Crippen molar-refractivity contribution in [3.63, 3.8) is 0 Å². The van der Waals surface area contributed by atoms with Crippen LogP contribution in [0.15, 0.2) is 30.3 Å². The third kappa shape index (κ3) is 9.11. The molecule has 1 aromatic carbocycles. The smallest absolute Gasteiger partial charge is 1.00 e. The number of halogens is 5. The van der Waals surface area contributed by atoms with Crippen LogP contribution in [0.3, 0.4) is 0 Å². The molecule has 0 N–H and O–H groups in total. The zero-order chi connectivity index (χ0) is 8.32. The maximum atomic E-state index is 11.5. The molecule has 0 aliphatic rings. The summed E-state index contributed by atoms with van der Waals surface area (Å²) in [5.41, 5.74) is 0. The molecule has 14 heavy (non-hydrogen) atoms. The Balaban J connectivity index is -0.000000403. The van der Waals surface area contributed by atoms with E-state index in [2.05, 4.69) is 4.74 Å². The van der Waals surface area contributed by atoms with Crippen molar-refractivity contribution in [2.24, 2.45) is 0 Å². The van der Waals surface area contributed by atoms with Crippen LogP contribution in [0.5, 0.6) is 5.75 Å². The molecule has 0 heterocycles. The molecule has 7 heteroatoms. The molecule has 0 spiro atoms. The Morgan fingerprint density at radius 2 is 1.36 bits per heavy atom. The fraction of sp³-hybridized carbons (Fsp3) is 0.143. The fourth-order valence-corrected chi connectivity index (χ4v) is 0.622. The maximum Gasteiger partial charge on any atom is 2.00 e. The van der Waals surface area contributed by atoms with Crippen LogP contribution >= 0.6 is 0 Å². The van der Waals surface area contributed by atoms with Gasteiger partial charge in [0.25, 0.3) is 0 Å². The van der Waals surface area contributed by atoms with Crippen LogP contribution in [0.4, 0.5) is 13.2 Å². The summed E-state index contributed by atoms with van der Waals surface area (Å²) < 4.78 is 38.2. The minimum Gasteiger partial charge on any atom is -1.00 e. The van der Waals surface area contributed by atoms with Crippen LogP contribution in [0, 0.1) is 0 Å². The molecule has 0 aliphatic heterocycles. The first kappa shape index (κ1) is 20.0. The summed E-state index contributed by atoms with van der Waals surface area (Å²) in [4.78, 5) is 0.